The third-order valence-electron chi connectivity index (χ3n) is 4.29. The molecular formula is C18H17F3N2O. The zero-order chi connectivity index (χ0) is 17.3. The van der Waals surface area contributed by atoms with Crippen LogP contribution in [0.3, 0.4) is 0 Å². The summed E-state index contributed by atoms with van der Waals surface area (Å²) in [6.45, 7) is 4.00. The largest absolute Gasteiger partial charge is 0.368 e. The van der Waals surface area contributed by atoms with E-state index in [4.69, 9.17) is 0 Å². The van der Waals surface area contributed by atoms with Gasteiger partial charge in [-0.2, -0.15) is 0 Å². The van der Waals surface area contributed by atoms with Gasteiger partial charge in [0, 0.05) is 31.9 Å². The number of hydrogen-bond acceptors (Lipinski definition) is 2. The Morgan fingerprint density at radius 2 is 1.58 bits per heavy atom. The summed E-state index contributed by atoms with van der Waals surface area (Å²) >= 11 is 0. The van der Waals surface area contributed by atoms with Crippen LogP contribution in [-0.4, -0.2) is 37.0 Å². The maximum Gasteiger partial charge on any atom is 0.257 e. The standard InChI is InChI=1S/C18H17F3N2O/c1-12-4-2-3-5-15(12)22-8-10-23(11-9-22)18(24)13-6-7-14(19)17(21)16(13)20/h2-7H,8-11H2,1H3. The van der Waals surface area contributed by atoms with E-state index in [9.17, 15) is 18.0 Å². The van der Waals surface area contributed by atoms with E-state index >= 15 is 0 Å². The number of para-hydroxylation sites is 1. The molecule has 1 aliphatic rings. The number of aryl methyl sites for hydroxylation is 1. The summed E-state index contributed by atoms with van der Waals surface area (Å²) in [6.07, 6.45) is 0. The van der Waals surface area contributed by atoms with Crippen LogP contribution < -0.4 is 4.90 Å². The van der Waals surface area contributed by atoms with Crippen molar-refractivity contribution >= 4 is 11.6 Å². The average molecular weight is 334 g/mol. The van der Waals surface area contributed by atoms with E-state index in [0.29, 0.717) is 26.2 Å². The van der Waals surface area contributed by atoms with Crippen molar-refractivity contribution in [2.45, 2.75) is 6.92 Å². The topological polar surface area (TPSA) is 23.6 Å². The molecule has 0 radical (unpaired) electrons. The van der Waals surface area contributed by atoms with E-state index in [-0.39, 0.29) is 0 Å². The molecule has 0 spiro atoms. The van der Waals surface area contributed by atoms with Crippen molar-refractivity contribution in [1.29, 1.82) is 0 Å². The van der Waals surface area contributed by atoms with Crippen LogP contribution in [0, 0.1) is 24.4 Å². The second-order valence-corrected chi connectivity index (χ2v) is 5.79. The highest BCUT2D eigenvalue weighted by Gasteiger charge is 2.26. The molecule has 126 valence electrons. The summed E-state index contributed by atoms with van der Waals surface area (Å²) in [4.78, 5) is 16.0. The molecule has 24 heavy (non-hydrogen) atoms. The Kier molecular flexibility index (Phi) is 4.46. The fourth-order valence-corrected chi connectivity index (χ4v) is 2.93. The molecule has 0 N–H and O–H groups in total. The maximum absolute atomic E-state index is 13.8. The lowest BCUT2D eigenvalue weighted by Gasteiger charge is -2.36. The SMILES string of the molecule is Cc1ccccc1N1CCN(C(=O)c2ccc(F)c(F)c2F)CC1. The number of carbonyl (C=O) groups excluding carboxylic acids is 1. The van der Waals surface area contributed by atoms with E-state index in [1.165, 1.54) is 4.90 Å². The van der Waals surface area contributed by atoms with Gasteiger partial charge in [0.05, 0.1) is 5.56 Å². The first-order valence-corrected chi connectivity index (χ1v) is 7.72. The third-order valence-corrected chi connectivity index (χ3v) is 4.29. The highest BCUT2D eigenvalue weighted by atomic mass is 19.2. The number of halogens is 3. The van der Waals surface area contributed by atoms with Gasteiger partial charge in [-0.25, -0.2) is 13.2 Å². The minimum Gasteiger partial charge on any atom is -0.368 e. The van der Waals surface area contributed by atoms with Gasteiger partial charge in [-0.05, 0) is 30.7 Å². The zero-order valence-corrected chi connectivity index (χ0v) is 13.2. The molecule has 0 aliphatic carbocycles. The van der Waals surface area contributed by atoms with E-state index in [1.54, 1.807) is 0 Å². The van der Waals surface area contributed by atoms with E-state index in [2.05, 4.69) is 4.90 Å². The smallest absolute Gasteiger partial charge is 0.257 e. The molecule has 3 nitrogen and oxygen atoms in total. The van der Waals surface area contributed by atoms with Crippen molar-refractivity contribution in [2.75, 3.05) is 31.1 Å². The second-order valence-electron chi connectivity index (χ2n) is 5.79. The normalized spacial score (nSPS) is 14.8. The Balaban J connectivity index is 1.72. The van der Waals surface area contributed by atoms with Gasteiger partial charge in [0.1, 0.15) is 0 Å². The number of rotatable bonds is 2. The van der Waals surface area contributed by atoms with Crippen LogP contribution in [0.2, 0.25) is 0 Å². The molecule has 0 atom stereocenters. The van der Waals surface area contributed by atoms with Crippen molar-refractivity contribution < 1.29 is 18.0 Å². The Bertz CT molecular complexity index is 771. The molecule has 1 heterocycles. The quantitative estimate of drug-likeness (QED) is 0.786. The van der Waals surface area contributed by atoms with E-state index < -0.39 is 28.9 Å². The van der Waals surface area contributed by atoms with Crippen molar-refractivity contribution in [3.63, 3.8) is 0 Å². The summed E-state index contributed by atoms with van der Waals surface area (Å²) in [7, 11) is 0. The molecule has 1 saturated heterocycles. The highest BCUT2D eigenvalue weighted by molar-refractivity contribution is 5.94. The Hall–Kier alpha value is -2.50. The lowest BCUT2D eigenvalue weighted by Crippen LogP contribution is -2.49. The lowest BCUT2D eigenvalue weighted by molar-refractivity contribution is 0.0740. The van der Waals surface area contributed by atoms with E-state index in [1.807, 2.05) is 31.2 Å². The van der Waals surface area contributed by atoms with Crippen LogP contribution in [0.15, 0.2) is 36.4 Å². The molecular weight excluding hydrogens is 317 g/mol. The molecule has 1 aliphatic heterocycles. The first-order valence-electron chi connectivity index (χ1n) is 7.72. The summed E-state index contributed by atoms with van der Waals surface area (Å²) in [5.74, 6) is -4.95. The molecule has 3 rings (SSSR count). The van der Waals surface area contributed by atoms with Crippen LogP contribution >= 0.6 is 0 Å². The van der Waals surface area contributed by atoms with Crippen LogP contribution in [0.5, 0.6) is 0 Å². The average Bonchev–Trinajstić information content (AvgIpc) is 2.60. The molecule has 1 amide bonds. The number of carbonyl (C=O) groups is 1. The van der Waals surface area contributed by atoms with Gasteiger partial charge in [-0.3, -0.25) is 4.79 Å². The van der Waals surface area contributed by atoms with E-state index in [0.717, 1.165) is 23.4 Å². The molecule has 0 bridgehead atoms. The van der Waals surface area contributed by atoms with Crippen molar-refractivity contribution in [3.05, 3.63) is 65.0 Å². The first kappa shape index (κ1) is 16.4. The molecule has 0 unspecified atom stereocenters. The van der Waals surface area contributed by atoms with Crippen LogP contribution in [0.4, 0.5) is 18.9 Å². The van der Waals surface area contributed by atoms with Crippen LogP contribution in [0.25, 0.3) is 0 Å². The van der Waals surface area contributed by atoms with Crippen LogP contribution in [-0.2, 0) is 0 Å². The number of benzene rings is 2. The zero-order valence-electron chi connectivity index (χ0n) is 13.2. The molecule has 2 aromatic rings. The number of anilines is 1. The lowest BCUT2D eigenvalue weighted by atomic mass is 10.1. The van der Waals surface area contributed by atoms with Gasteiger partial charge in [0.25, 0.3) is 5.91 Å². The van der Waals surface area contributed by atoms with Gasteiger partial charge >= 0.3 is 0 Å². The van der Waals surface area contributed by atoms with Gasteiger partial charge in [-0.1, -0.05) is 18.2 Å². The van der Waals surface area contributed by atoms with Gasteiger partial charge < -0.3 is 9.80 Å². The number of piperazine rings is 1. The molecule has 0 saturated carbocycles. The predicted molar refractivity (Wildman–Crippen MR) is 85.6 cm³/mol. The number of nitrogens with zero attached hydrogens (tertiary/aromatic N) is 2. The summed E-state index contributed by atoms with van der Waals surface area (Å²) in [6, 6.07) is 9.71. The molecule has 6 heteroatoms. The molecule has 1 fully saturated rings. The Morgan fingerprint density at radius 1 is 0.917 bits per heavy atom. The monoisotopic (exact) mass is 334 g/mol. The minimum atomic E-state index is -1.61. The van der Waals surface area contributed by atoms with Crippen molar-refractivity contribution in [2.24, 2.45) is 0 Å². The Labute approximate surface area is 138 Å². The van der Waals surface area contributed by atoms with Gasteiger partial charge in [-0.15, -0.1) is 0 Å². The fraction of sp³-hybridized carbons (Fsp3) is 0.278. The summed E-state index contributed by atoms with van der Waals surface area (Å²) < 4.78 is 40.1. The summed E-state index contributed by atoms with van der Waals surface area (Å²) in [5, 5.41) is 0. The molecule has 0 aromatic heterocycles. The summed E-state index contributed by atoms with van der Waals surface area (Å²) in [5.41, 5.74) is 1.81. The Morgan fingerprint density at radius 3 is 2.25 bits per heavy atom. The van der Waals surface area contributed by atoms with Gasteiger partial charge in [0.2, 0.25) is 0 Å². The highest BCUT2D eigenvalue weighted by Crippen LogP contribution is 2.22. The second kappa shape index (κ2) is 6.55. The number of hydrogen-bond donors (Lipinski definition) is 0. The third kappa shape index (κ3) is 2.96. The van der Waals surface area contributed by atoms with Gasteiger partial charge in [0.15, 0.2) is 17.5 Å². The predicted octanol–water partition coefficient (Wildman–Crippen LogP) is 3.37. The first-order chi connectivity index (χ1) is 11.5. The minimum absolute atomic E-state index is 0.394. The van der Waals surface area contributed by atoms with Crippen molar-refractivity contribution in [1.82, 2.24) is 4.90 Å². The maximum atomic E-state index is 13.8. The van der Waals surface area contributed by atoms with Crippen LogP contribution in [0.1, 0.15) is 15.9 Å². The molecule has 2 aromatic carbocycles. The number of amides is 1. The fourth-order valence-electron chi connectivity index (χ4n) is 2.93. The van der Waals surface area contributed by atoms with Crippen molar-refractivity contribution in [3.8, 4) is 0 Å².